The summed E-state index contributed by atoms with van der Waals surface area (Å²) in [6.07, 6.45) is 2.45. The van der Waals surface area contributed by atoms with Gasteiger partial charge in [-0.1, -0.05) is 38.0 Å². The van der Waals surface area contributed by atoms with E-state index in [1.807, 2.05) is 6.92 Å². The molecule has 5 heteroatoms. The molecule has 1 amide bonds. The largest absolute Gasteiger partial charge is 0.480 e. The minimum Gasteiger partial charge on any atom is -0.480 e. The molecule has 0 saturated heterocycles. The summed E-state index contributed by atoms with van der Waals surface area (Å²) in [6.45, 7) is 1.99. The lowest BCUT2D eigenvalue weighted by molar-refractivity contribution is -0.150. The molecule has 0 spiro atoms. The molecular weight excluding hydrogens is 273 g/mol. The van der Waals surface area contributed by atoms with Gasteiger partial charge in [-0.2, -0.15) is 0 Å². The van der Waals surface area contributed by atoms with E-state index in [9.17, 15) is 19.1 Å². The van der Waals surface area contributed by atoms with Gasteiger partial charge in [0.25, 0.3) is 0 Å². The van der Waals surface area contributed by atoms with E-state index >= 15 is 0 Å². The van der Waals surface area contributed by atoms with Gasteiger partial charge in [0.2, 0.25) is 5.91 Å². The van der Waals surface area contributed by atoms with E-state index in [-0.39, 0.29) is 17.9 Å². The van der Waals surface area contributed by atoms with Gasteiger partial charge in [0, 0.05) is 0 Å². The van der Waals surface area contributed by atoms with Gasteiger partial charge in [0.1, 0.15) is 11.4 Å². The Balaban J connectivity index is 2.09. The number of carboxylic acid groups (broad SMARTS) is 1. The Morgan fingerprint density at radius 1 is 1.43 bits per heavy atom. The molecule has 2 N–H and O–H groups in total. The smallest absolute Gasteiger partial charge is 0.329 e. The third-order valence-corrected chi connectivity index (χ3v) is 4.09. The van der Waals surface area contributed by atoms with Gasteiger partial charge in [-0.25, -0.2) is 9.18 Å². The molecule has 2 atom stereocenters. The van der Waals surface area contributed by atoms with Crippen LogP contribution < -0.4 is 5.32 Å². The third-order valence-electron chi connectivity index (χ3n) is 4.09. The molecule has 1 fully saturated rings. The summed E-state index contributed by atoms with van der Waals surface area (Å²) in [6, 6.07) is 6.03. The Bertz CT molecular complexity index is 546. The van der Waals surface area contributed by atoms with Gasteiger partial charge in [0.05, 0.1) is 6.42 Å². The van der Waals surface area contributed by atoms with Crippen molar-refractivity contribution in [3.63, 3.8) is 0 Å². The number of hydrogen-bond acceptors (Lipinski definition) is 2. The topological polar surface area (TPSA) is 66.4 Å². The van der Waals surface area contributed by atoms with Crippen molar-refractivity contribution in [1.29, 1.82) is 0 Å². The zero-order chi connectivity index (χ0) is 15.5. The van der Waals surface area contributed by atoms with E-state index in [4.69, 9.17) is 0 Å². The highest BCUT2D eigenvalue weighted by atomic mass is 19.1. The SMILES string of the molecule is CC1CCCC(NC(=O)Cc2ccccc2F)(C(=O)O)C1. The molecular formula is C16H20FNO3. The maximum Gasteiger partial charge on any atom is 0.329 e. The highest BCUT2D eigenvalue weighted by Crippen LogP contribution is 2.32. The van der Waals surface area contributed by atoms with Gasteiger partial charge >= 0.3 is 5.97 Å². The average molecular weight is 293 g/mol. The summed E-state index contributed by atoms with van der Waals surface area (Å²) in [5.74, 6) is -1.65. The van der Waals surface area contributed by atoms with Crippen LogP contribution in [-0.2, 0) is 16.0 Å². The Hall–Kier alpha value is -1.91. The first-order chi connectivity index (χ1) is 9.93. The summed E-state index contributed by atoms with van der Waals surface area (Å²) in [7, 11) is 0. The van der Waals surface area contributed by atoms with Gasteiger partial charge in [0.15, 0.2) is 0 Å². The van der Waals surface area contributed by atoms with Gasteiger partial charge < -0.3 is 10.4 Å². The van der Waals surface area contributed by atoms with E-state index < -0.39 is 23.2 Å². The predicted molar refractivity (Wildman–Crippen MR) is 76.2 cm³/mol. The fourth-order valence-electron chi connectivity index (χ4n) is 3.04. The lowest BCUT2D eigenvalue weighted by Crippen LogP contribution is -2.57. The molecule has 1 aliphatic carbocycles. The van der Waals surface area contributed by atoms with E-state index in [1.54, 1.807) is 12.1 Å². The second-order valence-corrected chi connectivity index (χ2v) is 5.91. The molecule has 2 rings (SSSR count). The number of nitrogens with one attached hydrogen (secondary N) is 1. The predicted octanol–water partition coefficient (Wildman–Crippen LogP) is 2.52. The van der Waals surface area contributed by atoms with Crippen molar-refractivity contribution in [3.05, 3.63) is 35.6 Å². The molecule has 1 aliphatic rings. The van der Waals surface area contributed by atoms with E-state index in [0.29, 0.717) is 12.8 Å². The first kappa shape index (κ1) is 15.5. The van der Waals surface area contributed by atoms with Crippen LogP contribution in [0.2, 0.25) is 0 Å². The van der Waals surface area contributed by atoms with Crippen molar-refractivity contribution in [1.82, 2.24) is 5.32 Å². The maximum atomic E-state index is 13.5. The molecule has 114 valence electrons. The Morgan fingerprint density at radius 3 is 2.76 bits per heavy atom. The first-order valence-electron chi connectivity index (χ1n) is 7.21. The lowest BCUT2D eigenvalue weighted by atomic mass is 9.76. The summed E-state index contributed by atoms with van der Waals surface area (Å²) in [5, 5.41) is 12.1. The molecule has 1 saturated carbocycles. The van der Waals surface area contributed by atoms with Crippen molar-refractivity contribution in [2.75, 3.05) is 0 Å². The molecule has 0 radical (unpaired) electrons. The monoisotopic (exact) mass is 293 g/mol. The fourth-order valence-corrected chi connectivity index (χ4v) is 3.04. The van der Waals surface area contributed by atoms with Crippen molar-refractivity contribution in [2.24, 2.45) is 5.92 Å². The Morgan fingerprint density at radius 2 is 2.14 bits per heavy atom. The number of carbonyl (C=O) groups excluding carboxylic acids is 1. The molecule has 0 heterocycles. The van der Waals surface area contributed by atoms with Crippen LogP contribution >= 0.6 is 0 Å². The minimum absolute atomic E-state index is 0.143. The molecule has 1 aromatic carbocycles. The third kappa shape index (κ3) is 3.60. The number of halogens is 1. The van der Waals surface area contributed by atoms with Crippen LogP contribution in [0, 0.1) is 11.7 Å². The van der Waals surface area contributed by atoms with Crippen molar-refractivity contribution < 1.29 is 19.1 Å². The van der Waals surface area contributed by atoms with E-state index in [0.717, 1.165) is 12.8 Å². The summed E-state index contributed by atoms with van der Waals surface area (Å²) < 4.78 is 13.5. The number of amides is 1. The van der Waals surface area contributed by atoms with Crippen LogP contribution in [0.3, 0.4) is 0 Å². The van der Waals surface area contributed by atoms with Gasteiger partial charge in [-0.3, -0.25) is 4.79 Å². The number of carboxylic acids is 1. The van der Waals surface area contributed by atoms with Crippen LogP contribution in [0.5, 0.6) is 0 Å². The molecule has 21 heavy (non-hydrogen) atoms. The number of hydrogen-bond donors (Lipinski definition) is 2. The fraction of sp³-hybridized carbons (Fsp3) is 0.500. The summed E-state index contributed by atoms with van der Waals surface area (Å²) >= 11 is 0. The van der Waals surface area contributed by atoms with Crippen molar-refractivity contribution >= 4 is 11.9 Å². The van der Waals surface area contributed by atoms with Crippen molar-refractivity contribution in [3.8, 4) is 0 Å². The molecule has 0 aliphatic heterocycles. The molecule has 0 aromatic heterocycles. The van der Waals surface area contributed by atoms with Crippen LogP contribution in [-0.4, -0.2) is 22.5 Å². The molecule has 4 nitrogen and oxygen atoms in total. The number of benzene rings is 1. The van der Waals surface area contributed by atoms with Crippen LogP contribution in [0.15, 0.2) is 24.3 Å². The minimum atomic E-state index is -1.21. The van der Waals surface area contributed by atoms with Crippen LogP contribution in [0.4, 0.5) is 4.39 Å². The Labute approximate surface area is 123 Å². The number of rotatable bonds is 4. The summed E-state index contributed by atoms with van der Waals surface area (Å²) in [5.41, 5.74) is -0.931. The quantitative estimate of drug-likeness (QED) is 0.896. The zero-order valence-corrected chi connectivity index (χ0v) is 12.1. The molecule has 0 bridgehead atoms. The molecule has 1 aromatic rings. The van der Waals surface area contributed by atoms with Gasteiger partial charge in [-0.05, 0) is 30.4 Å². The normalized spacial score (nSPS) is 25.3. The summed E-state index contributed by atoms with van der Waals surface area (Å²) in [4.78, 5) is 23.7. The molecule has 2 unspecified atom stereocenters. The van der Waals surface area contributed by atoms with Gasteiger partial charge in [-0.15, -0.1) is 0 Å². The second-order valence-electron chi connectivity index (χ2n) is 5.91. The van der Waals surface area contributed by atoms with E-state index in [2.05, 4.69) is 5.32 Å². The first-order valence-corrected chi connectivity index (χ1v) is 7.21. The average Bonchev–Trinajstić information content (AvgIpc) is 2.41. The standard InChI is InChI=1S/C16H20FNO3/c1-11-5-4-8-16(10-11,15(20)21)18-14(19)9-12-6-2-3-7-13(12)17/h2-3,6-7,11H,4-5,8-10H2,1H3,(H,18,19)(H,20,21). The highest BCUT2D eigenvalue weighted by molar-refractivity contribution is 5.88. The Kier molecular flexibility index (Phi) is 4.60. The van der Waals surface area contributed by atoms with Crippen molar-refractivity contribution in [2.45, 2.75) is 44.6 Å². The van der Waals surface area contributed by atoms with Crippen LogP contribution in [0.1, 0.15) is 38.2 Å². The zero-order valence-electron chi connectivity index (χ0n) is 12.1. The number of carbonyl (C=O) groups is 2. The second kappa shape index (κ2) is 6.24. The van der Waals surface area contributed by atoms with E-state index in [1.165, 1.54) is 12.1 Å². The lowest BCUT2D eigenvalue weighted by Gasteiger charge is -2.37. The number of aliphatic carboxylic acids is 1. The van der Waals surface area contributed by atoms with Crippen LogP contribution in [0.25, 0.3) is 0 Å². The maximum absolute atomic E-state index is 13.5. The highest BCUT2D eigenvalue weighted by Gasteiger charge is 2.43.